The number of carbonyl (C=O) groups is 1. The number of aromatic carboxylic acids is 1. The van der Waals surface area contributed by atoms with Gasteiger partial charge in [0.2, 0.25) is 0 Å². The Morgan fingerprint density at radius 3 is 2.81 bits per heavy atom. The van der Waals surface area contributed by atoms with Crippen molar-refractivity contribution in [2.24, 2.45) is 5.73 Å². The minimum atomic E-state index is -1.30. The van der Waals surface area contributed by atoms with Gasteiger partial charge in [-0.1, -0.05) is 0 Å². The van der Waals surface area contributed by atoms with Gasteiger partial charge in [-0.2, -0.15) is 0 Å². The Labute approximate surface area is 154 Å². The highest BCUT2D eigenvalue weighted by Crippen LogP contribution is 2.45. The highest BCUT2D eigenvalue weighted by molar-refractivity contribution is 5.89. The molecule has 142 valence electrons. The molecule has 3 N–H and O–H groups in total. The molecule has 2 unspecified atom stereocenters. The number of rotatable bonds is 2. The molecule has 5 rings (SSSR count). The maximum absolute atomic E-state index is 15.2. The molecule has 2 atom stereocenters. The van der Waals surface area contributed by atoms with Gasteiger partial charge in [0.1, 0.15) is 5.56 Å². The molecule has 2 aromatic rings. The van der Waals surface area contributed by atoms with Crippen LogP contribution in [0.1, 0.15) is 46.7 Å². The Balaban J connectivity index is 1.86. The van der Waals surface area contributed by atoms with Crippen molar-refractivity contribution in [2.75, 3.05) is 18.1 Å². The van der Waals surface area contributed by atoms with Gasteiger partial charge in [0, 0.05) is 18.2 Å². The van der Waals surface area contributed by atoms with E-state index in [1.807, 2.05) is 4.90 Å². The number of hydrogen-bond donors (Lipinski definition) is 2. The van der Waals surface area contributed by atoms with E-state index < -0.39 is 17.3 Å². The Hall–Kier alpha value is -2.45. The second kappa shape index (κ2) is 5.77. The van der Waals surface area contributed by atoms with Crippen LogP contribution in [0.4, 0.5) is 10.1 Å². The molecule has 0 amide bonds. The van der Waals surface area contributed by atoms with Gasteiger partial charge in [-0.15, -0.1) is 0 Å². The first-order valence-electron chi connectivity index (χ1n) is 9.21. The van der Waals surface area contributed by atoms with E-state index in [4.69, 9.17) is 10.5 Å². The zero-order valence-corrected chi connectivity index (χ0v) is 14.7. The average molecular weight is 373 g/mol. The Morgan fingerprint density at radius 2 is 2.11 bits per heavy atom. The van der Waals surface area contributed by atoms with E-state index >= 15 is 4.39 Å². The lowest BCUT2D eigenvalue weighted by Crippen LogP contribution is -2.42. The van der Waals surface area contributed by atoms with Crippen LogP contribution in [0.25, 0.3) is 5.52 Å². The maximum atomic E-state index is 15.2. The van der Waals surface area contributed by atoms with Crippen molar-refractivity contribution in [1.29, 1.82) is 0 Å². The zero-order valence-electron chi connectivity index (χ0n) is 14.7. The first-order valence-corrected chi connectivity index (χ1v) is 9.21. The number of hydrogen-bond acceptors (Lipinski definition) is 5. The summed E-state index contributed by atoms with van der Waals surface area (Å²) in [4.78, 5) is 26.2. The van der Waals surface area contributed by atoms with Crippen LogP contribution >= 0.6 is 0 Å². The van der Waals surface area contributed by atoms with E-state index in [1.54, 1.807) is 0 Å². The van der Waals surface area contributed by atoms with Crippen molar-refractivity contribution >= 4 is 17.2 Å². The SMILES string of the molecule is NC1CCN2c3c(F)cn4c(=O)c(C(=O)O)cc(C5CC5)c4c3COCC12. The lowest BCUT2D eigenvalue weighted by Gasteiger charge is -2.28. The number of anilines is 1. The molecule has 2 aliphatic heterocycles. The summed E-state index contributed by atoms with van der Waals surface area (Å²) in [5.74, 6) is -1.66. The van der Waals surface area contributed by atoms with E-state index in [1.165, 1.54) is 6.07 Å². The normalized spacial score (nSPS) is 24.6. The minimum absolute atomic E-state index is 0.0916. The number of carboxylic acid groups (broad SMARTS) is 1. The summed E-state index contributed by atoms with van der Waals surface area (Å²) in [7, 11) is 0. The summed E-state index contributed by atoms with van der Waals surface area (Å²) in [5, 5.41) is 9.40. The monoisotopic (exact) mass is 373 g/mol. The molecule has 3 aliphatic rings. The number of aromatic nitrogens is 1. The molecule has 1 saturated heterocycles. The molecule has 1 aliphatic carbocycles. The molecule has 27 heavy (non-hydrogen) atoms. The van der Waals surface area contributed by atoms with Crippen molar-refractivity contribution in [3.63, 3.8) is 0 Å². The molecule has 1 saturated carbocycles. The van der Waals surface area contributed by atoms with E-state index in [0.717, 1.165) is 35.4 Å². The predicted octanol–water partition coefficient (Wildman–Crippen LogP) is 1.45. The summed E-state index contributed by atoms with van der Waals surface area (Å²) in [6.45, 7) is 1.20. The molecule has 0 radical (unpaired) electrons. The number of fused-ring (bicyclic) bond motifs is 5. The fraction of sp³-hybridized carbons (Fsp3) is 0.474. The van der Waals surface area contributed by atoms with E-state index in [2.05, 4.69) is 0 Å². The van der Waals surface area contributed by atoms with Crippen LogP contribution in [0, 0.1) is 5.82 Å². The van der Waals surface area contributed by atoms with Crippen LogP contribution in [0.2, 0.25) is 0 Å². The average Bonchev–Trinajstić information content (AvgIpc) is 3.42. The lowest BCUT2D eigenvalue weighted by atomic mass is 10.0. The molecule has 2 aromatic heterocycles. The van der Waals surface area contributed by atoms with Gasteiger partial charge in [0.25, 0.3) is 5.56 Å². The molecule has 0 spiro atoms. The molecular weight excluding hydrogens is 353 g/mol. The van der Waals surface area contributed by atoms with Crippen LogP contribution < -0.4 is 16.2 Å². The smallest absolute Gasteiger partial charge is 0.341 e. The highest BCUT2D eigenvalue weighted by atomic mass is 19.1. The van der Waals surface area contributed by atoms with Gasteiger partial charge in [-0.3, -0.25) is 9.20 Å². The van der Waals surface area contributed by atoms with E-state index in [9.17, 15) is 14.7 Å². The first-order chi connectivity index (χ1) is 13.0. The van der Waals surface area contributed by atoms with Crippen molar-refractivity contribution in [3.05, 3.63) is 45.1 Å². The van der Waals surface area contributed by atoms with E-state index in [0.29, 0.717) is 29.9 Å². The molecular formula is C19H20FN3O4. The second-order valence-corrected chi connectivity index (χ2v) is 7.65. The molecule has 8 heteroatoms. The number of ether oxygens (including phenoxy) is 1. The molecule has 2 fully saturated rings. The summed E-state index contributed by atoms with van der Waals surface area (Å²) in [6, 6.07) is 1.28. The number of carboxylic acids is 1. The van der Waals surface area contributed by atoms with Gasteiger partial charge >= 0.3 is 5.97 Å². The third-order valence-corrected chi connectivity index (χ3v) is 5.97. The fourth-order valence-electron chi connectivity index (χ4n) is 4.49. The quantitative estimate of drug-likeness (QED) is 0.827. The summed E-state index contributed by atoms with van der Waals surface area (Å²) in [6.07, 6.45) is 3.73. The van der Waals surface area contributed by atoms with Gasteiger partial charge < -0.3 is 20.5 Å². The number of pyridine rings is 2. The second-order valence-electron chi connectivity index (χ2n) is 7.65. The lowest BCUT2D eigenvalue weighted by molar-refractivity contribution is 0.0694. The van der Waals surface area contributed by atoms with Crippen molar-refractivity contribution in [2.45, 2.75) is 43.9 Å². The molecule has 7 nitrogen and oxygen atoms in total. The van der Waals surface area contributed by atoms with Crippen LogP contribution in [-0.4, -0.2) is 40.7 Å². The zero-order chi connectivity index (χ0) is 18.9. The summed E-state index contributed by atoms with van der Waals surface area (Å²) < 4.78 is 22.1. The summed E-state index contributed by atoms with van der Waals surface area (Å²) >= 11 is 0. The van der Waals surface area contributed by atoms with E-state index in [-0.39, 0.29) is 30.2 Å². The van der Waals surface area contributed by atoms with Gasteiger partial charge in [-0.25, -0.2) is 9.18 Å². The first kappa shape index (κ1) is 16.7. The topological polar surface area (TPSA) is 97.3 Å². The molecule has 0 bridgehead atoms. The van der Waals surface area contributed by atoms with Crippen molar-refractivity contribution in [3.8, 4) is 0 Å². The van der Waals surface area contributed by atoms with Crippen molar-refractivity contribution < 1.29 is 19.0 Å². The van der Waals surface area contributed by atoms with Crippen molar-refractivity contribution in [1.82, 2.24) is 4.40 Å². The Morgan fingerprint density at radius 1 is 1.33 bits per heavy atom. The molecule has 4 heterocycles. The van der Waals surface area contributed by atoms with Gasteiger partial charge in [0.15, 0.2) is 5.82 Å². The Kier molecular flexibility index (Phi) is 3.57. The number of nitrogens with zero attached hydrogens (tertiary/aromatic N) is 2. The van der Waals surface area contributed by atoms with Crippen LogP contribution in [0.15, 0.2) is 17.1 Å². The number of nitrogens with two attached hydrogens (primary N) is 1. The third-order valence-electron chi connectivity index (χ3n) is 5.97. The predicted molar refractivity (Wildman–Crippen MR) is 95.9 cm³/mol. The third kappa shape index (κ3) is 2.40. The Bertz CT molecular complexity index is 1030. The van der Waals surface area contributed by atoms with Crippen LogP contribution in [0.5, 0.6) is 0 Å². The van der Waals surface area contributed by atoms with Gasteiger partial charge in [0.05, 0.1) is 36.7 Å². The maximum Gasteiger partial charge on any atom is 0.341 e. The fourth-order valence-corrected chi connectivity index (χ4v) is 4.49. The van der Waals surface area contributed by atoms with Crippen LogP contribution in [-0.2, 0) is 11.3 Å². The largest absolute Gasteiger partial charge is 0.477 e. The molecule has 0 aromatic carbocycles. The van der Waals surface area contributed by atoms with Crippen LogP contribution in [0.3, 0.4) is 0 Å². The highest BCUT2D eigenvalue weighted by Gasteiger charge is 2.39. The number of halogens is 1. The summed E-state index contributed by atoms with van der Waals surface area (Å²) in [5.41, 5.74) is 7.56. The standard InChI is InChI=1S/C19H20FN3O4/c20-13-6-23-16(10(9-1-2-9)5-11(18(23)24)19(25)26)12-7-27-8-15-14(21)3-4-22(15)17(12)13/h5-6,9,14-15H,1-4,7-8,21H2,(H,25,26). The van der Waals surface area contributed by atoms with Gasteiger partial charge in [-0.05, 0) is 36.8 Å². The minimum Gasteiger partial charge on any atom is -0.477 e.